The van der Waals surface area contributed by atoms with Crippen molar-refractivity contribution in [2.75, 3.05) is 13.1 Å². The van der Waals surface area contributed by atoms with E-state index in [2.05, 4.69) is 5.32 Å². The molecule has 0 amide bonds. The second-order valence-electron chi connectivity index (χ2n) is 4.02. The van der Waals surface area contributed by atoms with E-state index in [9.17, 15) is 9.90 Å². The zero-order valence-electron chi connectivity index (χ0n) is 9.35. The highest BCUT2D eigenvalue weighted by Gasteiger charge is 2.19. The molecule has 1 aromatic rings. The first-order valence-corrected chi connectivity index (χ1v) is 5.61. The monoisotopic (exact) mass is 237 g/mol. The molecule has 0 aliphatic carbocycles. The predicted molar refractivity (Wildman–Crippen MR) is 61.6 cm³/mol. The molecule has 0 atom stereocenters. The fraction of sp³-hybridized carbons (Fsp3) is 0.417. The van der Waals surface area contributed by atoms with Crippen molar-refractivity contribution in [3.8, 4) is 11.5 Å². The minimum Gasteiger partial charge on any atom is -0.504 e. The van der Waals surface area contributed by atoms with Crippen LogP contribution in [0.4, 0.5) is 0 Å². The van der Waals surface area contributed by atoms with Crippen LogP contribution in [-0.2, 0) is 0 Å². The average molecular weight is 237 g/mol. The average Bonchev–Trinajstić information content (AvgIpc) is 2.33. The van der Waals surface area contributed by atoms with Crippen LogP contribution in [0.25, 0.3) is 0 Å². The van der Waals surface area contributed by atoms with Gasteiger partial charge in [-0.25, -0.2) is 4.79 Å². The molecular weight excluding hydrogens is 222 g/mol. The molecule has 0 spiro atoms. The van der Waals surface area contributed by atoms with Crippen molar-refractivity contribution in [1.29, 1.82) is 0 Å². The number of rotatable bonds is 3. The third-order valence-corrected chi connectivity index (χ3v) is 2.81. The number of aromatic carboxylic acids is 1. The largest absolute Gasteiger partial charge is 0.504 e. The summed E-state index contributed by atoms with van der Waals surface area (Å²) in [5.74, 6) is -1.20. The van der Waals surface area contributed by atoms with E-state index >= 15 is 0 Å². The van der Waals surface area contributed by atoms with E-state index in [1.54, 1.807) is 12.1 Å². The van der Waals surface area contributed by atoms with Crippen LogP contribution >= 0.6 is 0 Å². The summed E-state index contributed by atoms with van der Waals surface area (Å²) in [6.07, 6.45) is 1.75. The third kappa shape index (κ3) is 2.68. The van der Waals surface area contributed by atoms with Gasteiger partial charge in [0.15, 0.2) is 11.5 Å². The van der Waals surface area contributed by atoms with Crippen LogP contribution in [0.3, 0.4) is 0 Å². The molecule has 1 aromatic carbocycles. The molecule has 1 fully saturated rings. The van der Waals surface area contributed by atoms with Crippen molar-refractivity contribution in [3.05, 3.63) is 23.8 Å². The Bertz CT molecular complexity index is 413. The molecule has 0 saturated carbocycles. The number of hydrogen-bond acceptors (Lipinski definition) is 4. The van der Waals surface area contributed by atoms with Gasteiger partial charge in [0.1, 0.15) is 11.7 Å². The molecule has 92 valence electrons. The number of nitrogens with one attached hydrogen (secondary N) is 1. The summed E-state index contributed by atoms with van der Waals surface area (Å²) in [7, 11) is 0. The maximum Gasteiger partial charge on any atom is 0.339 e. The summed E-state index contributed by atoms with van der Waals surface area (Å²) in [6, 6.07) is 4.51. The van der Waals surface area contributed by atoms with Gasteiger partial charge in [-0.15, -0.1) is 0 Å². The van der Waals surface area contributed by atoms with Gasteiger partial charge in [-0.2, -0.15) is 0 Å². The predicted octanol–water partition coefficient (Wildman–Crippen LogP) is 1.22. The van der Waals surface area contributed by atoms with Crippen molar-refractivity contribution in [2.45, 2.75) is 18.9 Å². The lowest BCUT2D eigenvalue weighted by Gasteiger charge is -2.24. The van der Waals surface area contributed by atoms with E-state index in [4.69, 9.17) is 9.84 Å². The van der Waals surface area contributed by atoms with E-state index < -0.39 is 5.97 Å². The molecule has 0 bridgehead atoms. The highest BCUT2D eigenvalue weighted by molar-refractivity contribution is 5.91. The second kappa shape index (κ2) is 5.05. The zero-order valence-corrected chi connectivity index (χ0v) is 9.35. The standard InChI is InChI=1S/C12H15NO4/c14-11-9(12(15)16)2-1-3-10(11)17-8-4-6-13-7-5-8/h1-3,8,13-14H,4-7H2,(H,15,16). The number of carbonyl (C=O) groups is 1. The lowest BCUT2D eigenvalue weighted by atomic mass is 10.1. The fourth-order valence-electron chi connectivity index (χ4n) is 1.88. The number of ether oxygens (including phenoxy) is 1. The molecule has 1 aliphatic heterocycles. The fourth-order valence-corrected chi connectivity index (χ4v) is 1.88. The molecular formula is C12H15NO4. The molecule has 1 saturated heterocycles. The number of carboxylic acids is 1. The van der Waals surface area contributed by atoms with Gasteiger partial charge in [0.2, 0.25) is 0 Å². The van der Waals surface area contributed by atoms with Crippen molar-refractivity contribution < 1.29 is 19.7 Å². The van der Waals surface area contributed by atoms with Gasteiger partial charge in [0, 0.05) is 0 Å². The molecule has 1 aliphatic rings. The van der Waals surface area contributed by atoms with Crippen molar-refractivity contribution in [1.82, 2.24) is 5.32 Å². The number of piperidine rings is 1. The van der Waals surface area contributed by atoms with Crippen LogP contribution in [-0.4, -0.2) is 35.4 Å². The maximum atomic E-state index is 10.8. The van der Waals surface area contributed by atoms with Gasteiger partial charge in [-0.3, -0.25) is 0 Å². The smallest absolute Gasteiger partial charge is 0.339 e. The molecule has 0 aromatic heterocycles. The Hall–Kier alpha value is -1.75. The van der Waals surface area contributed by atoms with E-state index in [0.29, 0.717) is 0 Å². The summed E-state index contributed by atoms with van der Waals surface area (Å²) in [4.78, 5) is 10.8. The van der Waals surface area contributed by atoms with Crippen molar-refractivity contribution in [3.63, 3.8) is 0 Å². The number of hydrogen-bond donors (Lipinski definition) is 3. The minimum absolute atomic E-state index is 0.0335. The van der Waals surface area contributed by atoms with Gasteiger partial charge in [0.05, 0.1) is 0 Å². The minimum atomic E-state index is -1.15. The van der Waals surface area contributed by atoms with Crippen molar-refractivity contribution in [2.24, 2.45) is 0 Å². The Morgan fingerprint density at radius 2 is 2.06 bits per heavy atom. The topological polar surface area (TPSA) is 78.8 Å². The first-order chi connectivity index (χ1) is 8.18. The number of aromatic hydroxyl groups is 1. The maximum absolute atomic E-state index is 10.8. The SMILES string of the molecule is O=C(O)c1cccc(OC2CCNCC2)c1O. The second-order valence-corrected chi connectivity index (χ2v) is 4.02. The molecule has 0 unspecified atom stereocenters. The van der Waals surface area contributed by atoms with Crippen LogP contribution in [0, 0.1) is 0 Å². The van der Waals surface area contributed by atoms with Crippen LogP contribution in [0.5, 0.6) is 11.5 Å². The Labute approximate surface area is 99.0 Å². The number of para-hydroxylation sites is 1. The molecule has 5 heteroatoms. The van der Waals surface area contributed by atoms with Crippen LogP contribution in [0.15, 0.2) is 18.2 Å². The number of benzene rings is 1. The van der Waals surface area contributed by atoms with Gasteiger partial charge in [0.25, 0.3) is 0 Å². The molecule has 0 radical (unpaired) electrons. The van der Waals surface area contributed by atoms with Crippen LogP contribution < -0.4 is 10.1 Å². The molecule has 3 N–H and O–H groups in total. The van der Waals surface area contributed by atoms with E-state index in [1.165, 1.54) is 6.07 Å². The van der Waals surface area contributed by atoms with E-state index in [1.807, 2.05) is 0 Å². The lowest BCUT2D eigenvalue weighted by molar-refractivity contribution is 0.0691. The summed E-state index contributed by atoms with van der Waals surface area (Å²) in [5.41, 5.74) is -0.128. The zero-order chi connectivity index (χ0) is 12.3. The first kappa shape index (κ1) is 11.7. The van der Waals surface area contributed by atoms with Crippen LogP contribution in [0.2, 0.25) is 0 Å². The van der Waals surface area contributed by atoms with Crippen LogP contribution in [0.1, 0.15) is 23.2 Å². The first-order valence-electron chi connectivity index (χ1n) is 5.61. The summed E-state index contributed by atoms with van der Waals surface area (Å²) in [6.45, 7) is 1.76. The Kier molecular flexibility index (Phi) is 3.49. The normalized spacial score (nSPS) is 16.7. The molecule has 5 nitrogen and oxygen atoms in total. The highest BCUT2D eigenvalue weighted by Crippen LogP contribution is 2.31. The number of carboxylic acid groups (broad SMARTS) is 1. The molecule has 2 rings (SSSR count). The third-order valence-electron chi connectivity index (χ3n) is 2.81. The lowest BCUT2D eigenvalue weighted by Crippen LogP contribution is -2.34. The summed E-state index contributed by atoms with van der Waals surface area (Å²) in [5, 5.41) is 21.8. The van der Waals surface area contributed by atoms with Gasteiger partial charge < -0.3 is 20.3 Å². The van der Waals surface area contributed by atoms with E-state index in [0.717, 1.165) is 25.9 Å². The summed E-state index contributed by atoms with van der Waals surface area (Å²) < 4.78 is 5.62. The van der Waals surface area contributed by atoms with E-state index in [-0.39, 0.29) is 23.2 Å². The Morgan fingerprint density at radius 3 is 2.71 bits per heavy atom. The Morgan fingerprint density at radius 1 is 1.35 bits per heavy atom. The molecule has 1 heterocycles. The summed E-state index contributed by atoms with van der Waals surface area (Å²) >= 11 is 0. The highest BCUT2D eigenvalue weighted by atomic mass is 16.5. The van der Waals surface area contributed by atoms with Gasteiger partial charge >= 0.3 is 5.97 Å². The molecule has 17 heavy (non-hydrogen) atoms. The van der Waals surface area contributed by atoms with Gasteiger partial charge in [-0.05, 0) is 38.1 Å². The Balaban J connectivity index is 2.15. The van der Waals surface area contributed by atoms with Crippen molar-refractivity contribution >= 4 is 5.97 Å². The quantitative estimate of drug-likeness (QED) is 0.736. The number of phenols is 1. The van der Waals surface area contributed by atoms with Gasteiger partial charge in [-0.1, -0.05) is 6.07 Å².